The van der Waals surface area contributed by atoms with Gasteiger partial charge in [0.25, 0.3) is 0 Å². The third kappa shape index (κ3) is 2.60. The number of halogens is 1. The van der Waals surface area contributed by atoms with Gasteiger partial charge in [-0.05, 0) is 18.2 Å². The Morgan fingerprint density at radius 1 is 1.38 bits per heavy atom. The van der Waals surface area contributed by atoms with Crippen LogP contribution in [0.2, 0.25) is 0 Å². The van der Waals surface area contributed by atoms with Crippen molar-refractivity contribution >= 4 is 11.5 Å². The van der Waals surface area contributed by atoms with E-state index in [0.29, 0.717) is 17.8 Å². The molecule has 0 spiro atoms. The van der Waals surface area contributed by atoms with E-state index in [1.807, 2.05) is 12.2 Å². The van der Waals surface area contributed by atoms with E-state index in [9.17, 15) is 4.39 Å². The van der Waals surface area contributed by atoms with Crippen molar-refractivity contribution in [3.63, 3.8) is 0 Å². The second-order valence-corrected chi connectivity index (χ2v) is 4.71. The van der Waals surface area contributed by atoms with Gasteiger partial charge in [0, 0.05) is 5.56 Å². The van der Waals surface area contributed by atoms with E-state index in [-0.39, 0.29) is 18.2 Å². The number of nitrogens with zero attached hydrogens (tertiary/aromatic N) is 3. The number of benzene rings is 1. The summed E-state index contributed by atoms with van der Waals surface area (Å²) >= 11 is 0. The van der Waals surface area contributed by atoms with Gasteiger partial charge in [0.15, 0.2) is 0 Å². The van der Waals surface area contributed by atoms with E-state index in [4.69, 9.17) is 11.1 Å². The molecule has 0 bridgehead atoms. The number of nitrogens with one attached hydrogen (secondary N) is 1. The highest BCUT2D eigenvalue weighted by Crippen LogP contribution is 2.14. The summed E-state index contributed by atoms with van der Waals surface area (Å²) in [5, 5.41) is 11.8. The minimum absolute atomic E-state index is 0.119. The van der Waals surface area contributed by atoms with Gasteiger partial charge in [-0.15, -0.1) is 0 Å². The molecule has 3 N–H and O–H groups in total. The number of nitrogen functional groups attached to an aromatic ring is 1. The highest BCUT2D eigenvalue weighted by atomic mass is 19.1. The lowest BCUT2D eigenvalue weighted by molar-refractivity contribution is 0.583. The smallest absolute Gasteiger partial charge is 0.143 e. The standard InChI is InChI=1S/C15H14FN5/c16-11-5-2-1-4-10(11)9-21-14(12-6-3-7-19-12)8-13(20-21)15(17)18/h1-6,8H,7,9H2,(H3,17,18). The Balaban J connectivity index is 2.02. The molecule has 1 aromatic heterocycles. The number of nitrogens with two attached hydrogens (primary N) is 1. The molecule has 0 radical (unpaired) electrons. The van der Waals surface area contributed by atoms with Gasteiger partial charge in [0.2, 0.25) is 0 Å². The fourth-order valence-corrected chi connectivity index (χ4v) is 2.20. The average Bonchev–Trinajstić information content (AvgIpc) is 3.10. The molecule has 21 heavy (non-hydrogen) atoms. The van der Waals surface area contributed by atoms with Crippen LogP contribution in [0.25, 0.3) is 0 Å². The zero-order valence-corrected chi connectivity index (χ0v) is 11.3. The van der Waals surface area contributed by atoms with Crippen molar-refractivity contribution in [1.29, 1.82) is 5.41 Å². The molecule has 1 aliphatic rings. The molecular weight excluding hydrogens is 269 g/mol. The molecule has 1 aromatic carbocycles. The first-order chi connectivity index (χ1) is 10.1. The lowest BCUT2D eigenvalue weighted by atomic mass is 10.2. The predicted octanol–water partition coefficient (Wildman–Crippen LogP) is 1.71. The Kier molecular flexibility index (Phi) is 3.35. The molecule has 0 saturated heterocycles. The number of amidine groups is 1. The van der Waals surface area contributed by atoms with Crippen molar-refractivity contribution in [3.8, 4) is 0 Å². The Labute approximate surface area is 121 Å². The predicted molar refractivity (Wildman–Crippen MR) is 79.3 cm³/mol. The van der Waals surface area contributed by atoms with Crippen LogP contribution in [0.1, 0.15) is 17.0 Å². The minimum Gasteiger partial charge on any atom is -0.382 e. The van der Waals surface area contributed by atoms with Crippen LogP contribution in [-0.2, 0) is 6.54 Å². The molecule has 0 fully saturated rings. The molecule has 2 aromatic rings. The number of hydrogen-bond donors (Lipinski definition) is 2. The van der Waals surface area contributed by atoms with Gasteiger partial charge in [-0.1, -0.05) is 24.3 Å². The van der Waals surface area contributed by atoms with Gasteiger partial charge in [0.1, 0.15) is 17.3 Å². The quantitative estimate of drug-likeness (QED) is 0.661. The maximum absolute atomic E-state index is 13.8. The van der Waals surface area contributed by atoms with Crippen LogP contribution in [0.3, 0.4) is 0 Å². The van der Waals surface area contributed by atoms with E-state index in [1.165, 1.54) is 6.07 Å². The number of hydrogen-bond acceptors (Lipinski definition) is 3. The molecule has 0 atom stereocenters. The van der Waals surface area contributed by atoms with Crippen LogP contribution in [-0.4, -0.2) is 27.9 Å². The van der Waals surface area contributed by atoms with Gasteiger partial charge < -0.3 is 5.73 Å². The maximum Gasteiger partial charge on any atom is 0.143 e. The molecule has 3 rings (SSSR count). The lowest BCUT2D eigenvalue weighted by Gasteiger charge is -2.07. The van der Waals surface area contributed by atoms with Crippen molar-refractivity contribution in [3.05, 3.63) is 65.3 Å². The van der Waals surface area contributed by atoms with E-state index in [0.717, 1.165) is 11.4 Å². The average molecular weight is 283 g/mol. The summed E-state index contributed by atoms with van der Waals surface area (Å²) in [6, 6.07) is 8.25. The van der Waals surface area contributed by atoms with Crippen LogP contribution in [0, 0.1) is 11.2 Å². The van der Waals surface area contributed by atoms with E-state index in [1.54, 1.807) is 28.9 Å². The molecule has 0 aliphatic carbocycles. The monoisotopic (exact) mass is 283 g/mol. The Morgan fingerprint density at radius 2 is 2.19 bits per heavy atom. The van der Waals surface area contributed by atoms with Crippen molar-refractivity contribution in [2.75, 3.05) is 6.54 Å². The fourth-order valence-electron chi connectivity index (χ4n) is 2.20. The number of rotatable bonds is 4. The topological polar surface area (TPSA) is 80.0 Å². The second-order valence-electron chi connectivity index (χ2n) is 4.71. The highest BCUT2D eigenvalue weighted by molar-refractivity contribution is 6.10. The molecule has 1 aliphatic heterocycles. The van der Waals surface area contributed by atoms with Gasteiger partial charge in [-0.25, -0.2) is 4.39 Å². The number of allylic oxidation sites excluding steroid dienone is 1. The largest absolute Gasteiger partial charge is 0.382 e. The van der Waals surface area contributed by atoms with E-state index < -0.39 is 0 Å². The summed E-state index contributed by atoms with van der Waals surface area (Å²) in [6.45, 7) is 0.887. The van der Waals surface area contributed by atoms with Gasteiger partial charge in [0.05, 0.1) is 24.5 Å². The maximum atomic E-state index is 13.8. The third-order valence-electron chi connectivity index (χ3n) is 3.24. The van der Waals surface area contributed by atoms with Gasteiger partial charge in [-0.2, -0.15) is 5.10 Å². The highest BCUT2D eigenvalue weighted by Gasteiger charge is 2.16. The first-order valence-corrected chi connectivity index (χ1v) is 6.52. The fraction of sp³-hybridized carbons (Fsp3) is 0.133. The van der Waals surface area contributed by atoms with E-state index in [2.05, 4.69) is 10.1 Å². The number of aromatic nitrogens is 2. The third-order valence-corrected chi connectivity index (χ3v) is 3.24. The summed E-state index contributed by atoms with van der Waals surface area (Å²) in [5.74, 6) is -0.404. The first-order valence-electron chi connectivity index (χ1n) is 6.52. The zero-order chi connectivity index (χ0) is 14.8. The SMILES string of the molecule is N=C(N)c1cc(C2=NCC=C2)n(Cc2ccccc2F)n1. The summed E-state index contributed by atoms with van der Waals surface area (Å²) in [4.78, 5) is 4.34. The van der Waals surface area contributed by atoms with Crippen molar-refractivity contribution in [2.45, 2.75) is 6.54 Å². The van der Waals surface area contributed by atoms with E-state index >= 15 is 0 Å². The van der Waals surface area contributed by atoms with Gasteiger partial charge in [-0.3, -0.25) is 15.1 Å². The van der Waals surface area contributed by atoms with Gasteiger partial charge >= 0.3 is 0 Å². The molecule has 0 unspecified atom stereocenters. The molecule has 106 valence electrons. The Hall–Kier alpha value is -2.76. The van der Waals surface area contributed by atoms with Crippen molar-refractivity contribution in [2.24, 2.45) is 10.7 Å². The zero-order valence-electron chi connectivity index (χ0n) is 11.3. The van der Waals surface area contributed by atoms with Crippen LogP contribution >= 0.6 is 0 Å². The minimum atomic E-state index is -0.285. The molecule has 5 nitrogen and oxygen atoms in total. The Bertz CT molecular complexity index is 757. The van der Waals surface area contributed by atoms with Crippen LogP contribution in [0.15, 0.2) is 47.5 Å². The molecular formula is C15H14FN5. The molecule has 0 amide bonds. The summed E-state index contributed by atoms with van der Waals surface area (Å²) < 4.78 is 15.4. The molecule has 0 saturated carbocycles. The summed E-state index contributed by atoms with van der Waals surface area (Å²) in [7, 11) is 0. The van der Waals surface area contributed by atoms with Crippen LogP contribution in [0.5, 0.6) is 0 Å². The Morgan fingerprint density at radius 3 is 2.86 bits per heavy atom. The summed E-state index contributed by atoms with van der Waals surface area (Å²) in [5.41, 5.74) is 7.89. The van der Waals surface area contributed by atoms with Crippen LogP contribution < -0.4 is 5.73 Å². The second kappa shape index (κ2) is 5.32. The number of aliphatic imine (C=N–C) groups is 1. The summed E-state index contributed by atoms with van der Waals surface area (Å²) in [6.07, 6.45) is 3.82. The van der Waals surface area contributed by atoms with Crippen molar-refractivity contribution < 1.29 is 4.39 Å². The normalized spacial score (nSPS) is 13.5. The van der Waals surface area contributed by atoms with Crippen molar-refractivity contribution in [1.82, 2.24) is 9.78 Å². The molecule has 6 heteroatoms. The lowest BCUT2D eigenvalue weighted by Crippen LogP contribution is -2.14. The first kappa shape index (κ1) is 13.2. The molecule has 2 heterocycles. The van der Waals surface area contributed by atoms with Crippen LogP contribution in [0.4, 0.5) is 4.39 Å².